The molecule has 2 atom stereocenters. The number of halogens is 3. The normalized spacial score (nSPS) is 26.5. The van der Waals surface area contributed by atoms with Gasteiger partial charge in [0.2, 0.25) is 0 Å². The molecule has 2 bridgehead atoms. The summed E-state index contributed by atoms with van der Waals surface area (Å²) in [7, 11) is 0. The smallest absolute Gasteiger partial charge is 0.448 e. The number of likely N-dealkylation sites (tertiary alicyclic amines) is 1. The van der Waals surface area contributed by atoms with Gasteiger partial charge in [-0.25, -0.2) is 4.79 Å². The molecule has 0 aromatic heterocycles. The molecule has 2 aliphatic heterocycles. The Morgan fingerprint density at radius 3 is 2.05 bits per heavy atom. The van der Waals surface area contributed by atoms with E-state index in [1.807, 2.05) is 0 Å². The predicted octanol–water partition coefficient (Wildman–Crippen LogP) is -0.539. The molecule has 2 aliphatic rings. The van der Waals surface area contributed by atoms with E-state index in [0.717, 1.165) is 12.8 Å². The molecule has 116 valence electrons. The van der Waals surface area contributed by atoms with Gasteiger partial charge in [-0.15, -0.1) is 0 Å². The van der Waals surface area contributed by atoms with E-state index < -0.39 is 25.1 Å². The molecule has 0 N–H and O–H groups in total. The first-order valence-corrected chi connectivity index (χ1v) is 7.00. The molecule has 2 rings (SSSR count). The molecule has 4 nitrogen and oxygen atoms in total. The Morgan fingerprint density at radius 1 is 1.19 bits per heavy atom. The molecule has 0 aliphatic carbocycles. The standard InChI is InChI=1S/C12H21BF3N2O2.K/c1-12(2,3)20-11(19)17-6-9-4-5-10(7-17)18(9)8-13(14,15)16;/h9-10H,4-8H2,1-3H3;/q-1;+1/t9-,10+;. The summed E-state index contributed by atoms with van der Waals surface area (Å²) in [5, 5.41) is 0. The largest absolute Gasteiger partial charge is 1.00 e. The molecule has 1 amide bonds. The Bertz CT molecular complexity index is 376. The minimum absolute atomic E-state index is 0. The van der Waals surface area contributed by atoms with Gasteiger partial charge in [0, 0.05) is 25.2 Å². The maximum Gasteiger partial charge on any atom is 1.00 e. The van der Waals surface area contributed by atoms with Crippen molar-refractivity contribution < 1.29 is 73.9 Å². The van der Waals surface area contributed by atoms with E-state index in [2.05, 4.69) is 0 Å². The van der Waals surface area contributed by atoms with Crippen molar-refractivity contribution in [3.8, 4) is 0 Å². The van der Waals surface area contributed by atoms with Crippen LogP contribution in [0.2, 0.25) is 0 Å². The minimum Gasteiger partial charge on any atom is -0.448 e. The fraction of sp³-hybridized carbons (Fsp3) is 0.917. The first kappa shape index (κ1) is 19.8. The number of piperazine rings is 1. The van der Waals surface area contributed by atoms with Gasteiger partial charge >= 0.3 is 64.5 Å². The summed E-state index contributed by atoms with van der Waals surface area (Å²) in [6.45, 7) is 1.19. The first-order valence-electron chi connectivity index (χ1n) is 7.00. The second-order valence-corrected chi connectivity index (χ2v) is 6.68. The summed E-state index contributed by atoms with van der Waals surface area (Å²) in [6, 6.07) is -0.380. The number of hydrogen-bond acceptors (Lipinski definition) is 3. The second kappa shape index (κ2) is 7.09. The maximum atomic E-state index is 12.6. The summed E-state index contributed by atoms with van der Waals surface area (Å²) < 4.78 is 43.1. The molecule has 0 spiro atoms. The Kier molecular flexibility index (Phi) is 6.67. The van der Waals surface area contributed by atoms with Crippen LogP contribution < -0.4 is 51.4 Å². The Balaban J connectivity index is 0.00000220. The quantitative estimate of drug-likeness (QED) is 0.637. The maximum absolute atomic E-state index is 12.6. The molecule has 0 radical (unpaired) electrons. The number of fused-ring (bicyclic) bond motifs is 2. The van der Waals surface area contributed by atoms with Gasteiger partial charge in [0.05, 0.1) is 0 Å². The van der Waals surface area contributed by atoms with Crippen LogP contribution >= 0.6 is 0 Å². The van der Waals surface area contributed by atoms with Crippen LogP contribution in [0.15, 0.2) is 0 Å². The molecule has 2 heterocycles. The summed E-state index contributed by atoms with van der Waals surface area (Å²) in [5.74, 6) is 0. The third kappa shape index (κ3) is 5.69. The van der Waals surface area contributed by atoms with Gasteiger partial charge in [0.25, 0.3) is 0 Å². The van der Waals surface area contributed by atoms with E-state index in [9.17, 15) is 17.7 Å². The molecule has 0 unspecified atom stereocenters. The van der Waals surface area contributed by atoms with Crippen LogP contribution in [0, 0.1) is 0 Å². The number of carbonyl (C=O) groups is 1. The molecule has 21 heavy (non-hydrogen) atoms. The third-order valence-corrected chi connectivity index (χ3v) is 3.70. The van der Waals surface area contributed by atoms with Crippen LogP contribution in [0.4, 0.5) is 17.7 Å². The van der Waals surface area contributed by atoms with Crippen molar-refractivity contribution in [2.24, 2.45) is 0 Å². The number of amides is 1. The Labute approximate surface area is 166 Å². The zero-order valence-corrected chi connectivity index (χ0v) is 16.2. The first-order chi connectivity index (χ1) is 9.05. The number of rotatable bonds is 2. The molecule has 0 saturated carbocycles. The second-order valence-electron chi connectivity index (χ2n) is 6.68. The van der Waals surface area contributed by atoms with Gasteiger partial charge in [-0.05, 0) is 40.1 Å². The summed E-state index contributed by atoms with van der Waals surface area (Å²) >= 11 is 0. The van der Waals surface area contributed by atoms with Crippen molar-refractivity contribution in [1.29, 1.82) is 0 Å². The molecule has 0 aromatic carbocycles. The summed E-state index contributed by atoms with van der Waals surface area (Å²) in [4.78, 5) is 15.1. The van der Waals surface area contributed by atoms with Crippen molar-refractivity contribution in [2.45, 2.75) is 51.3 Å². The number of hydrogen-bond donors (Lipinski definition) is 0. The number of nitrogens with zero attached hydrogens (tertiary/aromatic N) is 2. The van der Waals surface area contributed by atoms with Gasteiger partial charge in [-0.3, -0.25) is 0 Å². The van der Waals surface area contributed by atoms with Crippen molar-refractivity contribution in [2.75, 3.05) is 19.5 Å². The number of ether oxygens (including phenoxy) is 1. The van der Waals surface area contributed by atoms with Crippen molar-refractivity contribution in [3.05, 3.63) is 0 Å². The minimum atomic E-state index is -4.82. The molecular weight excluding hydrogens is 311 g/mol. The van der Waals surface area contributed by atoms with Gasteiger partial charge in [0.1, 0.15) is 5.60 Å². The van der Waals surface area contributed by atoms with E-state index >= 15 is 0 Å². The van der Waals surface area contributed by atoms with Crippen LogP contribution in [0.3, 0.4) is 0 Å². The zero-order chi connectivity index (χ0) is 15.1. The summed E-state index contributed by atoms with van der Waals surface area (Å²) in [6.07, 6.45) is 0.190. The van der Waals surface area contributed by atoms with Crippen LogP contribution in [-0.2, 0) is 4.74 Å². The van der Waals surface area contributed by atoms with E-state index in [1.165, 1.54) is 4.90 Å². The SMILES string of the molecule is CC(C)(C)OC(=O)N1C[C@H]2CC[C@@H](C1)N2C[B-](F)(F)F.[K+]. The molecule has 2 saturated heterocycles. The predicted molar refractivity (Wildman–Crippen MR) is 70.4 cm³/mol. The van der Waals surface area contributed by atoms with Gasteiger partial charge < -0.3 is 27.5 Å². The fourth-order valence-electron chi connectivity index (χ4n) is 3.00. The Morgan fingerprint density at radius 2 is 1.67 bits per heavy atom. The average molecular weight is 332 g/mol. The van der Waals surface area contributed by atoms with Crippen molar-refractivity contribution >= 4 is 13.1 Å². The topological polar surface area (TPSA) is 32.8 Å². The van der Waals surface area contributed by atoms with Crippen molar-refractivity contribution in [3.63, 3.8) is 0 Å². The van der Waals surface area contributed by atoms with Crippen LogP contribution in [0.5, 0.6) is 0 Å². The fourth-order valence-corrected chi connectivity index (χ4v) is 3.00. The van der Waals surface area contributed by atoms with Crippen LogP contribution in [0.1, 0.15) is 33.6 Å². The van der Waals surface area contributed by atoms with Gasteiger partial charge in [-0.2, -0.15) is 0 Å². The van der Waals surface area contributed by atoms with Gasteiger partial charge in [0.15, 0.2) is 0 Å². The summed E-state index contributed by atoms with van der Waals surface area (Å²) in [5.41, 5.74) is -0.581. The third-order valence-electron chi connectivity index (χ3n) is 3.70. The zero-order valence-electron chi connectivity index (χ0n) is 13.1. The van der Waals surface area contributed by atoms with E-state index in [0.29, 0.717) is 13.1 Å². The van der Waals surface area contributed by atoms with Gasteiger partial charge in [-0.1, -0.05) is 0 Å². The van der Waals surface area contributed by atoms with Crippen LogP contribution in [-0.4, -0.2) is 60.1 Å². The van der Waals surface area contributed by atoms with E-state index in [4.69, 9.17) is 4.74 Å². The molecule has 2 fully saturated rings. The monoisotopic (exact) mass is 332 g/mol. The molecule has 0 aromatic rings. The average Bonchev–Trinajstić information content (AvgIpc) is 2.47. The Hall–Kier alpha value is 0.721. The molecule has 9 heteroatoms. The number of carbonyl (C=O) groups excluding carboxylic acids is 1. The van der Waals surface area contributed by atoms with Crippen molar-refractivity contribution in [1.82, 2.24) is 9.80 Å². The van der Waals surface area contributed by atoms with E-state index in [1.54, 1.807) is 25.7 Å². The molecular formula is C12H21BF3KN2O2. The van der Waals surface area contributed by atoms with Crippen LogP contribution in [0.25, 0.3) is 0 Å². The van der Waals surface area contributed by atoms with E-state index in [-0.39, 0.29) is 63.5 Å².